The molecule has 1 N–H and O–H groups in total. The van der Waals surface area contributed by atoms with Gasteiger partial charge in [-0.05, 0) is 67.7 Å². The zero-order chi connectivity index (χ0) is 28.1. The number of aromatic nitrogens is 3. The minimum Gasteiger partial charge on any atom is -0.487 e. The summed E-state index contributed by atoms with van der Waals surface area (Å²) >= 11 is 0. The van der Waals surface area contributed by atoms with Crippen LogP contribution in [0.5, 0.6) is 5.75 Å². The lowest BCUT2D eigenvalue weighted by Crippen LogP contribution is -2.59. The van der Waals surface area contributed by atoms with Gasteiger partial charge in [0.2, 0.25) is 5.91 Å². The summed E-state index contributed by atoms with van der Waals surface area (Å²) in [6.07, 6.45) is 6.41. The second-order valence-electron chi connectivity index (χ2n) is 11.7. The van der Waals surface area contributed by atoms with Crippen LogP contribution < -0.4 is 9.64 Å². The number of hydrogen-bond acceptors (Lipinski definition) is 6. The number of carbonyl (C=O) groups excluding carboxylic acids is 1. The first-order chi connectivity index (χ1) is 20.0. The molecule has 8 heteroatoms. The fourth-order valence-electron chi connectivity index (χ4n) is 6.59. The molecule has 0 unspecified atom stereocenters. The SMILES string of the molecule is C=CC(=O)N1CC2(CCN(c3cc(OCc4ccccn4)cc(-c4c(C)ccc5n[nH]c(C6CC6)c45)c3C#N)C2)C1. The van der Waals surface area contributed by atoms with Crippen molar-refractivity contribution >= 4 is 22.5 Å². The van der Waals surface area contributed by atoms with Gasteiger partial charge in [0.05, 0.1) is 22.5 Å². The number of carbonyl (C=O) groups is 1. The minimum absolute atomic E-state index is 0.0193. The van der Waals surface area contributed by atoms with Gasteiger partial charge in [-0.1, -0.05) is 18.7 Å². The fraction of sp³-hybridized carbons (Fsp3) is 0.333. The first-order valence-electron chi connectivity index (χ1n) is 14.2. The first-order valence-corrected chi connectivity index (χ1v) is 14.2. The van der Waals surface area contributed by atoms with E-state index in [4.69, 9.17) is 4.74 Å². The number of aromatic amines is 1. The summed E-state index contributed by atoms with van der Waals surface area (Å²) < 4.78 is 6.35. The van der Waals surface area contributed by atoms with Crippen LogP contribution in [0.1, 0.15) is 47.7 Å². The zero-order valence-corrected chi connectivity index (χ0v) is 23.2. The molecule has 1 amide bonds. The highest BCUT2D eigenvalue weighted by Crippen LogP contribution is 2.48. The number of ether oxygens (including phenoxy) is 1. The Kier molecular flexibility index (Phi) is 6.04. The largest absolute Gasteiger partial charge is 0.487 e. The molecule has 206 valence electrons. The van der Waals surface area contributed by atoms with E-state index in [2.05, 4.69) is 51.8 Å². The number of amides is 1. The van der Waals surface area contributed by atoms with Crippen LogP contribution in [0, 0.1) is 23.7 Å². The molecule has 0 bridgehead atoms. The molecule has 0 radical (unpaired) electrons. The molecule has 8 nitrogen and oxygen atoms in total. The van der Waals surface area contributed by atoms with Crippen LogP contribution in [-0.4, -0.2) is 52.2 Å². The van der Waals surface area contributed by atoms with Gasteiger partial charge in [0.15, 0.2) is 0 Å². The van der Waals surface area contributed by atoms with E-state index in [1.54, 1.807) is 6.20 Å². The van der Waals surface area contributed by atoms with E-state index in [0.717, 1.165) is 90.1 Å². The predicted molar refractivity (Wildman–Crippen MR) is 158 cm³/mol. The van der Waals surface area contributed by atoms with E-state index in [1.165, 1.54) is 6.08 Å². The highest BCUT2D eigenvalue weighted by atomic mass is 16.5. The molecule has 3 fully saturated rings. The van der Waals surface area contributed by atoms with Gasteiger partial charge in [0.25, 0.3) is 0 Å². The second-order valence-corrected chi connectivity index (χ2v) is 11.7. The molecule has 2 aliphatic heterocycles. The lowest BCUT2D eigenvalue weighted by Gasteiger charge is -2.47. The summed E-state index contributed by atoms with van der Waals surface area (Å²) in [5.41, 5.74) is 7.47. The van der Waals surface area contributed by atoms with Gasteiger partial charge in [-0.25, -0.2) is 0 Å². The van der Waals surface area contributed by atoms with Crippen molar-refractivity contribution in [3.63, 3.8) is 0 Å². The van der Waals surface area contributed by atoms with Crippen LogP contribution in [0.25, 0.3) is 22.0 Å². The van der Waals surface area contributed by atoms with Crippen LogP contribution in [0.2, 0.25) is 0 Å². The summed E-state index contributed by atoms with van der Waals surface area (Å²) in [6, 6.07) is 16.5. The average Bonchev–Trinajstić information content (AvgIpc) is 3.57. The lowest BCUT2D eigenvalue weighted by molar-refractivity contribution is -0.136. The highest BCUT2D eigenvalue weighted by molar-refractivity contribution is 6.01. The topological polar surface area (TPSA) is 98.1 Å². The molecular formula is C33H32N6O2. The standard InChI is InChI=1S/C33H32N6O2/c1-3-29(40)39-19-33(20-39)11-13-38(18-33)28-15-24(41-17-23-6-4-5-12-35-23)14-25(26(28)16-34)30-21(2)7-10-27-31(30)32(37-36-27)22-8-9-22/h3-7,10,12,14-15,22H,1,8-9,11,13,17-20H2,2H3,(H,36,37). The number of rotatable bonds is 7. The maximum Gasteiger partial charge on any atom is 0.245 e. The number of nitriles is 1. The number of H-pyrrole nitrogens is 1. The van der Waals surface area contributed by atoms with Crippen LogP contribution in [0.4, 0.5) is 5.69 Å². The number of likely N-dealkylation sites (tertiary alicyclic amines) is 1. The Labute approximate surface area is 239 Å². The van der Waals surface area contributed by atoms with Crippen LogP contribution in [-0.2, 0) is 11.4 Å². The summed E-state index contributed by atoms with van der Waals surface area (Å²) in [5, 5.41) is 19.7. The number of hydrogen-bond donors (Lipinski definition) is 1. The normalized spacial score (nSPS) is 17.5. The van der Waals surface area contributed by atoms with E-state index >= 15 is 0 Å². The molecule has 2 aromatic heterocycles. The minimum atomic E-state index is -0.0193. The molecule has 0 atom stereocenters. The van der Waals surface area contributed by atoms with Crippen LogP contribution >= 0.6 is 0 Å². The van der Waals surface area contributed by atoms with Gasteiger partial charge in [-0.15, -0.1) is 0 Å². The van der Waals surface area contributed by atoms with Crippen molar-refractivity contribution in [2.24, 2.45) is 5.41 Å². The van der Waals surface area contributed by atoms with Gasteiger partial charge >= 0.3 is 0 Å². The van der Waals surface area contributed by atoms with Gasteiger partial charge in [0.1, 0.15) is 18.4 Å². The monoisotopic (exact) mass is 544 g/mol. The van der Waals surface area contributed by atoms with E-state index < -0.39 is 0 Å². The summed E-state index contributed by atoms with van der Waals surface area (Å²) in [4.78, 5) is 20.7. The summed E-state index contributed by atoms with van der Waals surface area (Å²) in [5.74, 6) is 1.16. The smallest absolute Gasteiger partial charge is 0.245 e. The number of pyridine rings is 1. The molecule has 1 saturated carbocycles. The highest BCUT2D eigenvalue weighted by Gasteiger charge is 2.49. The van der Waals surface area contributed by atoms with Crippen molar-refractivity contribution in [1.29, 1.82) is 5.26 Å². The van der Waals surface area contributed by atoms with Gasteiger partial charge in [-0.3, -0.25) is 14.9 Å². The third-order valence-electron chi connectivity index (χ3n) is 8.85. The number of anilines is 1. The Bertz CT molecular complexity index is 1710. The van der Waals surface area contributed by atoms with Crippen LogP contribution in [0.3, 0.4) is 0 Å². The molecule has 4 heterocycles. The fourth-order valence-corrected chi connectivity index (χ4v) is 6.59. The number of fused-ring (bicyclic) bond motifs is 1. The first kappa shape index (κ1) is 25.3. The third kappa shape index (κ3) is 4.42. The van der Waals surface area contributed by atoms with Gasteiger partial charge < -0.3 is 14.5 Å². The Balaban J connectivity index is 1.33. The molecular weight excluding hydrogens is 512 g/mol. The van der Waals surface area contributed by atoms with Crippen LogP contribution in [0.15, 0.2) is 61.3 Å². The Morgan fingerprint density at radius 3 is 2.83 bits per heavy atom. The zero-order valence-electron chi connectivity index (χ0n) is 23.2. The molecule has 2 saturated heterocycles. The van der Waals surface area contributed by atoms with Gasteiger partial charge in [0, 0.05) is 66.4 Å². The predicted octanol–water partition coefficient (Wildman–Crippen LogP) is 5.49. The van der Waals surface area contributed by atoms with Crippen molar-refractivity contribution in [2.75, 3.05) is 31.1 Å². The number of nitrogens with one attached hydrogen (secondary N) is 1. The molecule has 3 aliphatic rings. The maximum atomic E-state index is 12.1. The number of benzene rings is 2. The molecule has 1 spiro atoms. The Hall–Kier alpha value is -4.64. The van der Waals surface area contributed by atoms with E-state index in [0.29, 0.717) is 23.8 Å². The molecule has 4 aromatic rings. The maximum absolute atomic E-state index is 12.1. The lowest BCUT2D eigenvalue weighted by atomic mass is 9.79. The quantitative estimate of drug-likeness (QED) is 0.309. The van der Waals surface area contributed by atoms with Gasteiger partial charge in [-0.2, -0.15) is 10.4 Å². The molecule has 1 aliphatic carbocycles. The molecule has 41 heavy (non-hydrogen) atoms. The van der Waals surface area contributed by atoms with Crippen molar-refractivity contribution < 1.29 is 9.53 Å². The van der Waals surface area contributed by atoms with Crippen molar-refractivity contribution in [3.8, 4) is 22.9 Å². The van der Waals surface area contributed by atoms with E-state index in [-0.39, 0.29) is 11.3 Å². The average molecular weight is 545 g/mol. The van der Waals surface area contributed by atoms with E-state index in [9.17, 15) is 10.1 Å². The number of aryl methyl sites for hydroxylation is 1. The van der Waals surface area contributed by atoms with Crippen molar-refractivity contribution in [1.82, 2.24) is 20.1 Å². The van der Waals surface area contributed by atoms with Crippen molar-refractivity contribution in [3.05, 3.63) is 83.8 Å². The second kappa shape index (κ2) is 9.77. The Morgan fingerprint density at radius 2 is 2.10 bits per heavy atom. The summed E-state index contributed by atoms with van der Waals surface area (Å²) in [7, 11) is 0. The number of nitrogens with zero attached hydrogens (tertiary/aromatic N) is 5. The third-order valence-corrected chi connectivity index (χ3v) is 8.85. The summed E-state index contributed by atoms with van der Waals surface area (Å²) in [6.45, 7) is 9.11. The molecule has 7 rings (SSSR count). The Morgan fingerprint density at radius 1 is 1.24 bits per heavy atom. The van der Waals surface area contributed by atoms with E-state index in [1.807, 2.05) is 35.2 Å². The van der Waals surface area contributed by atoms with Crippen molar-refractivity contribution in [2.45, 2.75) is 38.7 Å². The molecule has 2 aromatic carbocycles.